The number of aliphatic carboxylic acids is 1. The predicted molar refractivity (Wildman–Crippen MR) is 80.8 cm³/mol. The van der Waals surface area contributed by atoms with Gasteiger partial charge in [-0.1, -0.05) is 35.9 Å². The van der Waals surface area contributed by atoms with Crippen molar-refractivity contribution in [2.45, 2.75) is 26.2 Å². The molecule has 0 radical (unpaired) electrons. The van der Waals surface area contributed by atoms with Crippen molar-refractivity contribution in [3.8, 4) is 0 Å². The van der Waals surface area contributed by atoms with Crippen LogP contribution in [-0.4, -0.2) is 23.5 Å². The highest BCUT2D eigenvalue weighted by Gasteiger charge is 2.24. The zero-order valence-corrected chi connectivity index (χ0v) is 12.2. The van der Waals surface area contributed by atoms with E-state index in [1.807, 2.05) is 37.3 Å². The minimum Gasteiger partial charge on any atom is -0.481 e. The minimum absolute atomic E-state index is 0.150. The number of amides is 1. The maximum Gasteiger partial charge on any atom is 0.308 e. The quantitative estimate of drug-likeness (QED) is 0.757. The summed E-state index contributed by atoms with van der Waals surface area (Å²) in [5.41, 5.74) is 2.05. The van der Waals surface area contributed by atoms with Gasteiger partial charge >= 0.3 is 5.97 Å². The molecule has 112 valence electrons. The number of carbonyl (C=O) groups is 2. The summed E-state index contributed by atoms with van der Waals surface area (Å²) in [7, 11) is 0. The first-order chi connectivity index (χ1) is 10.1. The summed E-state index contributed by atoms with van der Waals surface area (Å²) in [6.07, 6.45) is 4.32. The number of nitrogens with one attached hydrogen (secondary N) is 1. The lowest BCUT2D eigenvalue weighted by Crippen LogP contribution is -2.33. The molecule has 2 rings (SSSR count). The van der Waals surface area contributed by atoms with Crippen LogP contribution in [0.4, 0.5) is 0 Å². The normalized spacial score (nSPS) is 16.3. The van der Waals surface area contributed by atoms with Crippen molar-refractivity contribution < 1.29 is 14.7 Å². The fourth-order valence-electron chi connectivity index (χ4n) is 2.28. The van der Waals surface area contributed by atoms with Crippen molar-refractivity contribution in [2.24, 2.45) is 11.8 Å². The molecule has 1 amide bonds. The van der Waals surface area contributed by atoms with Gasteiger partial charge in [-0.25, -0.2) is 0 Å². The Kier molecular flexibility index (Phi) is 5.14. The van der Waals surface area contributed by atoms with Crippen molar-refractivity contribution in [2.75, 3.05) is 6.54 Å². The van der Waals surface area contributed by atoms with Gasteiger partial charge in [0.05, 0.1) is 5.92 Å². The van der Waals surface area contributed by atoms with Crippen LogP contribution in [0.25, 0.3) is 0 Å². The van der Waals surface area contributed by atoms with E-state index >= 15 is 0 Å². The van der Waals surface area contributed by atoms with E-state index in [0.29, 0.717) is 12.3 Å². The van der Waals surface area contributed by atoms with Crippen LogP contribution in [-0.2, 0) is 16.0 Å². The van der Waals surface area contributed by atoms with Gasteiger partial charge in [-0.15, -0.1) is 0 Å². The van der Waals surface area contributed by atoms with Crippen molar-refractivity contribution >= 4 is 11.9 Å². The second kappa shape index (κ2) is 7.07. The molecule has 4 heteroatoms. The van der Waals surface area contributed by atoms with Crippen LogP contribution in [0.1, 0.15) is 25.3 Å². The minimum atomic E-state index is -0.887. The summed E-state index contributed by atoms with van der Waals surface area (Å²) in [5.74, 6) is -1.14. The summed E-state index contributed by atoms with van der Waals surface area (Å²) in [5, 5.41) is 12.0. The van der Waals surface area contributed by atoms with Crippen molar-refractivity contribution in [3.63, 3.8) is 0 Å². The number of hydrogen-bond donors (Lipinski definition) is 2. The van der Waals surface area contributed by atoms with Gasteiger partial charge in [0.2, 0.25) is 5.91 Å². The van der Waals surface area contributed by atoms with Crippen LogP contribution in [0.2, 0.25) is 0 Å². The molecule has 0 aromatic heterocycles. The number of carboxylic acid groups (broad SMARTS) is 1. The van der Waals surface area contributed by atoms with E-state index in [1.165, 1.54) is 0 Å². The van der Waals surface area contributed by atoms with Crippen LogP contribution >= 0.6 is 0 Å². The first-order valence-electron chi connectivity index (χ1n) is 7.29. The van der Waals surface area contributed by atoms with E-state index in [2.05, 4.69) is 5.32 Å². The molecular formula is C17H21NO3. The number of hydrogen-bond acceptors (Lipinski definition) is 2. The van der Waals surface area contributed by atoms with Gasteiger partial charge < -0.3 is 10.4 Å². The molecule has 2 N–H and O–H groups in total. The second-order valence-electron chi connectivity index (χ2n) is 5.63. The Hall–Kier alpha value is -2.10. The fourth-order valence-corrected chi connectivity index (χ4v) is 2.28. The molecular weight excluding hydrogens is 266 g/mol. The molecule has 1 fully saturated rings. The molecule has 4 nitrogen and oxygen atoms in total. The molecule has 21 heavy (non-hydrogen) atoms. The van der Waals surface area contributed by atoms with Crippen LogP contribution in [0.15, 0.2) is 42.0 Å². The molecule has 0 bridgehead atoms. The second-order valence-corrected chi connectivity index (χ2v) is 5.63. The average molecular weight is 287 g/mol. The molecule has 0 aliphatic heterocycles. The highest BCUT2D eigenvalue weighted by molar-refractivity contribution is 5.88. The summed E-state index contributed by atoms with van der Waals surface area (Å²) in [6, 6.07) is 9.46. The van der Waals surface area contributed by atoms with Crippen LogP contribution in [0.3, 0.4) is 0 Å². The maximum atomic E-state index is 11.8. The maximum absolute atomic E-state index is 11.8. The van der Waals surface area contributed by atoms with Gasteiger partial charge in [0, 0.05) is 12.6 Å². The average Bonchev–Trinajstić information content (AvgIpc) is 3.28. The third kappa shape index (κ3) is 5.06. The summed E-state index contributed by atoms with van der Waals surface area (Å²) in [6.45, 7) is 2.10. The topological polar surface area (TPSA) is 66.4 Å². The predicted octanol–water partition coefficient (Wildman–Crippen LogP) is 2.40. The lowest BCUT2D eigenvalue weighted by Gasteiger charge is -2.13. The van der Waals surface area contributed by atoms with Crippen molar-refractivity contribution in [1.82, 2.24) is 5.32 Å². The van der Waals surface area contributed by atoms with Gasteiger partial charge in [-0.05, 0) is 37.7 Å². The third-order valence-corrected chi connectivity index (χ3v) is 3.78. The molecule has 1 aromatic rings. The third-order valence-electron chi connectivity index (χ3n) is 3.78. The van der Waals surface area contributed by atoms with E-state index in [0.717, 1.165) is 24.0 Å². The van der Waals surface area contributed by atoms with Gasteiger partial charge in [-0.3, -0.25) is 9.59 Å². The zero-order valence-electron chi connectivity index (χ0n) is 12.2. The van der Waals surface area contributed by atoms with Gasteiger partial charge in [0.1, 0.15) is 0 Å². The Labute approximate surface area is 124 Å². The molecule has 1 aliphatic carbocycles. The van der Waals surface area contributed by atoms with E-state index in [-0.39, 0.29) is 12.5 Å². The summed E-state index contributed by atoms with van der Waals surface area (Å²) in [4.78, 5) is 23.1. The SMILES string of the molecule is C/C(=C/C(=O)NCC(Cc1ccccc1)C(=O)O)C1CC1. The van der Waals surface area contributed by atoms with Crippen LogP contribution in [0, 0.1) is 11.8 Å². The van der Waals surface area contributed by atoms with E-state index in [1.54, 1.807) is 6.08 Å². The Morgan fingerprint density at radius 1 is 1.33 bits per heavy atom. The molecule has 0 spiro atoms. The Bertz CT molecular complexity index is 532. The largest absolute Gasteiger partial charge is 0.481 e. The first kappa shape index (κ1) is 15.3. The Morgan fingerprint density at radius 3 is 2.57 bits per heavy atom. The molecule has 0 heterocycles. The highest BCUT2D eigenvalue weighted by Crippen LogP contribution is 2.35. The lowest BCUT2D eigenvalue weighted by atomic mass is 9.99. The summed E-state index contributed by atoms with van der Waals surface area (Å²) < 4.78 is 0. The van der Waals surface area contributed by atoms with Gasteiger partial charge in [0.15, 0.2) is 0 Å². The lowest BCUT2D eigenvalue weighted by molar-refractivity contribution is -0.141. The van der Waals surface area contributed by atoms with Gasteiger partial charge in [-0.2, -0.15) is 0 Å². The first-order valence-corrected chi connectivity index (χ1v) is 7.29. The van der Waals surface area contributed by atoms with Crippen molar-refractivity contribution in [3.05, 3.63) is 47.5 Å². The number of benzene rings is 1. The fraction of sp³-hybridized carbons (Fsp3) is 0.412. The number of allylic oxidation sites excluding steroid dienone is 1. The molecule has 1 aromatic carbocycles. The van der Waals surface area contributed by atoms with Crippen LogP contribution in [0.5, 0.6) is 0 Å². The smallest absolute Gasteiger partial charge is 0.308 e. The zero-order chi connectivity index (χ0) is 15.2. The number of carbonyl (C=O) groups excluding carboxylic acids is 1. The van der Waals surface area contributed by atoms with E-state index < -0.39 is 11.9 Å². The standard InChI is InChI=1S/C17H21NO3/c1-12(14-7-8-14)9-16(19)18-11-15(17(20)21)10-13-5-3-2-4-6-13/h2-6,9,14-15H,7-8,10-11H2,1H3,(H,18,19)(H,20,21)/b12-9-. The molecule has 1 unspecified atom stereocenters. The van der Waals surface area contributed by atoms with Gasteiger partial charge in [0.25, 0.3) is 0 Å². The van der Waals surface area contributed by atoms with E-state index in [9.17, 15) is 14.7 Å². The summed E-state index contributed by atoms with van der Waals surface area (Å²) >= 11 is 0. The number of carboxylic acids is 1. The van der Waals surface area contributed by atoms with E-state index in [4.69, 9.17) is 0 Å². The molecule has 1 aliphatic rings. The molecule has 1 saturated carbocycles. The Morgan fingerprint density at radius 2 is 2.00 bits per heavy atom. The monoisotopic (exact) mass is 287 g/mol. The molecule has 0 saturated heterocycles. The highest BCUT2D eigenvalue weighted by atomic mass is 16.4. The Balaban J connectivity index is 1.86. The van der Waals surface area contributed by atoms with Crippen LogP contribution < -0.4 is 5.32 Å². The van der Waals surface area contributed by atoms with Crippen molar-refractivity contribution in [1.29, 1.82) is 0 Å². The number of rotatable bonds is 7. The molecule has 1 atom stereocenters.